The monoisotopic (exact) mass is 382 g/mol. The maximum absolute atomic E-state index is 12.6. The lowest BCUT2D eigenvalue weighted by molar-refractivity contribution is -0.137. The zero-order chi connectivity index (χ0) is 19.2. The van der Waals surface area contributed by atoms with Crippen LogP contribution in [0.3, 0.4) is 0 Å². The molecule has 1 heterocycles. The first-order valence-corrected chi connectivity index (χ1v) is 10.5. The largest absolute Gasteiger partial charge is 0.340 e. The molecule has 0 bridgehead atoms. The molecule has 0 spiro atoms. The Labute approximate surface area is 165 Å². The number of rotatable bonds is 7. The average molecular weight is 383 g/mol. The van der Waals surface area contributed by atoms with E-state index in [4.69, 9.17) is 0 Å². The van der Waals surface area contributed by atoms with Gasteiger partial charge in [-0.3, -0.25) is 9.59 Å². The molecule has 0 radical (unpaired) electrons. The van der Waals surface area contributed by atoms with Gasteiger partial charge in [0.1, 0.15) is 0 Å². The Morgan fingerprint density at radius 1 is 1.15 bits per heavy atom. The van der Waals surface area contributed by atoms with Gasteiger partial charge in [0.2, 0.25) is 11.8 Å². The fourth-order valence-corrected chi connectivity index (χ4v) is 3.99. The summed E-state index contributed by atoms with van der Waals surface area (Å²) in [4.78, 5) is 29.5. The second-order valence-corrected chi connectivity index (χ2v) is 8.02. The summed E-state index contributed by atoms with van der Waals surface area (Å²) < 4.78 is 0. The first kappa shape index (κ1) is 19.5. The highest BCUT2D eigenvalue weighted by Crippen LogP contribution is 2.22. The van der Waals surface area contributed by atoms with E-state index in [0.29, 0.717) is 19.5 Å². The second kappa shape index (κ2) is 9.09. The van der Waals surface area contributed by atoms with E-state index < -0.39 is 0 Å². The summed E-state index contributed by atoms with van der Waals surface area (Å²) in [5, 5.41) is 0. The van der Waals surface area contributed by atoms with Gasteiger partial charge in [-0.15, -0.1) is 11.8 Å². The summed E-state index contributed by atoms with van der Waals surface area (Å²) in [6, 6.07) is 18.4. The molecular weight excluding hydrogens is 356 g/mol. The smallest absolute Gasteiger partial charge is 0.242 e. The highest BCUT2D eigenvalue weighted by molar-refractivity contribution is 7.98. The van der Waals surface area contributed by atoms with Crippen LogP contribution in [0.1, 0.15) is 17.5 Å². The van der Waals surface area contributed by atoms with Crippen molar-refractivity contribution in [1.82, 2.24) is 9.80 Å². The lowest BCUT2D eigenvalue weighted by Gasteiger charge is -2.22. The quantitative estimate of drug-likeness (QED) is 0.689. The SMILES string of the molecule is CSc1cccc(CN(C)C(=O)CN2C[C@H](Cc3ccccc3)CC2=O)c1. The molecule has 4 nitrogen and oxygen atoms in total. The molecule has 1 fully saturated rings. The van der Waals surface area contributed by atoms with Crippen LogP contribution in [0.5, 0.6) is 0 Å². The standard InChI is InChI=1S/C22H26N2O2S/c1-23(14-18-9-6-10-20(12-18)27-2)22(26)16-24-15-19(13-21(24)25)11-17-7-4-3-5-8-17/h3-10,12,19H,11,13-16H2,1-2H3/t19-/m1/s1. The molecule has 3 rings (SSSR count). The number of thioether (sulfide) groups is 1. The summed E-state index contributed by atoms with van der Waals surface area (Å²) in [5.41, 5.74) is 2.35. The summed E-state index contributed by atoms with van der Waals surface area (Å²) >= 11 is 1.69. The van der Waals surface area contributed by atoms with Gasteiger partial charge >= 0.3 is 0 Å². The molecule has 2 aromatic carbocycles. The van der Waals surface area contributed by atoms with Crippen molar-refractivity contribution in [3.63, 3.8) is 0 Å². The van der Waals surface area contributed by atoms with E-state index in [1.807, 2.05) is 36.6 Å². The minimum atomic E-state index is -0.0155. The van der Waals surface area contributed by atoms with Crippen LogP contribution < -0.4 is 0 Å². The number of hydrogen-bond donors (Lipinski definition) is 0. The van der Waals surface area contributed by atoms with E-state index in [9.17, 15) is 9.59 Å². The normalized spacial score (nSPS) is 16.6. The molecule has 1 atom stereocenters. The zero-order valence-corrected chi connectivity index (χ0v) is 16.7. The molecule has 0 saturated carbocycles. The number of benzene rings is 2. The van der Waals surface area contributed by atoms with E-state index >= 15 is 0 Å². The van der Waals surface area contributed by atoms with Gasteiger partial charge in [-0.2, -0.15) is 0 Å². The average Bonchev–Trinajstić information content (AvgIpc) is 3.01. The molecule has 2 amide bonds. The number of carbonyl (C=O) groups is 2. The van der Waals surface area contributed by atoms with Gasteiger partial charge in [0, 0.05) is 31.5 Å². The number of hydrogen-bond acceptors (Lipinski definition) is 3. The minimum absolute atomic E-state index is 0.0155. The molecule has 2 aromatic rings. The third-order valence-electron chi connectivity index (χ3n) is 4.97. The van der Waals surface area contributed by atoms with E-state index in [2.05, 4.69) is 24.3 Å². The van der Waals surface area contributed by atoms with Crippen molar-refractivity contribution in [1.29, 1.82) is 0 Å². The Morgan fingerprint density at radius 2 is 1.89 bits per heavy atom. The van der Waals surface area contributed by atoms with Crippen molar-refractivity contribution >= 4 is 23.6 Å². The fraction of sp³-hybridized carbons (Fsp3) is 0.364. The predicted molar refractivity (Wildman–Crippen MR) is 110 cm³/mol. The Balaban J connectivity index is 1.53. The summed E-state index contributed by atoms with van der Waals surface area (Å²) in [7, 11) is 1.80. The van der Waals surface area contributed by atoms with Gasteiger partial charge < -0.3 is 9.80 Å². The molecule has 1 aliphatic rings. The molecule has 0 N–H and O–H groups in total. The van der Waals surface area contributed by atoms with E-state index in [0.717, 1.165) is 12.0 Å². The third-order valence-corrected chi connectivity index (χ3v) is 5.69. The number of carbonyl (C=O) groups excluding carboxylic acids is 2. The van der Waals surface area contributed by atoms with Gasteiger partial charge in [-0.05, 0) is 41.9 Å². The van der Waals surface area contributed by atoms with Gasteiger partial charge in [-0.1, -0.05) is 42.5 Å². The maximum Gasteiger partial charge on any atom is 0.242 e. The van der Waals surface area contributed by atoms with E-state index in [-0.39, 0.29) is 24.3 Å². The van der Waals surface area contributed by atoms with Gasteiger partial charge in [-0.25, -0.2) is 0 Å². The van der Waals surface area contributed by atoms with Crippen molar-refractivity contribution in [2.24, 2.45) is 5.92 Å². The minimum Gasteiger partial charge on any atom is -0.340 e. The van der Waals surface area contributed by atoms with Gasteiger partial charge in [0.25, 0.3) is 0 Å². The van der Waals surface area contributed by atoms with Gasteiger partial charge in [0.15, 0.2) is 0 Å². The molecule has 142 valence electrons. The predicted octanol–water partition coefficient (Wildman–Crippen LogP) is 3.46. The summed E-state index contributed by atoms with van der Waals surface area (Å²) in [6.07, 6.45) is 3.45. The van der Waals surface area contributed by atoms with Crippen LogP contribution in [-0.4, -0.2) is 48.0 Å². The van der Waals surface area contributed by atoms with E-state index in [1.165, 1.54) is 10.5 Å². The van der Waals surface area contributed by atoms with Crippen molar-refractivity contribution in [3.8, 4) is 0 Å². The molecule has 1 saturated heterocycles. The molecule has 0 aromatic heterocycles. The molecule has 0 aliphatic carbocycles. The van der Waals surface area contributed by atoms with Crippen LogP contribution in [0, 0.1) is 5.92 Å². The maximum atomic E-state index is 12.6. The molecule has 5 heteroatoms. The van der Waals surface area contributed by atoms with Crippen molar-refractivity contribution < 1.29 is 9.59 Å². The fourth-order valence-electron chi connectivity index (χ4n) is 3.51. The summed E-state index contributed by atoms with van der Waals surface area (Å²) in [5.74, 6) is 0.358. The first-order chi connectivity index (χ1) is 13.0. The Bertz CT molecular complexity index is 794. The van der Waals surface area contributed by atoms with Crippen molar-refractivity contribution in [2.45, 2.75) is 24.3 Å². The molecular formula is C22H26N2O2S. The summed E-state index contributed by atoms with van der Waals surface area (Å²) in [6.45, 7) is 1.39. The highest BCUT2D eigenvalue weighted by atomic mass is 32.2. The van der Waals surface area contributed by atoms with Gasteiger partial charge in [0.05, 0.1) is 6.54 Å². The van der Waals surface area contributed by atoms with E-state index in [1.54, 1.807) is 28.6 Å². The highest BCUT2D eigenvalue weighted by Gasteiger charge is 2.31. The van der Waals surface area contributed by atoms with Crippen LogP contribution in [0.25, 0.3) is 0 Å². The molecule has 0 unspecified atom stereocenters. The lowest BCUT2D eigenvalue weighted by atomic mass is 9.99. The lowest BCUT2D eigenvalue weighted by Crippen LogP contribution is -2.39. The Hall–Kier alpha value is -2.27. The molecule has 27 heavy (non-hydrogen) atoms. The van der Waals surface area contributed by atoms with Crippen LogP contribution in [0.4, 0.5) is 0 Å². The van der Waals surface area contributed by atoms with Crippen LogP contribution in [0.15, 0.2) is 59.5 Å². The number of likely N-dealkylation sites (tertiary alicyclic amines) is 1. The van der Waals surface area contributed by atoms with Crippen molar-refractivity contribution in [2.75, 3.05) is 26.4 Å². The molecule has 1 aliphatic heterocycles. The zero-order valence-electron chi connectivity index (χ0n) is 15.9. The van der Waals surface area contributed by atoms with Crippen LogP contribution >= 0.6 is 11.8 Å². The van der Waals surface area contributed by atoms with Crippen LogP contribution in [-0.2, 0) is 22.6 Å². The Morgan fingerprint density at radius 3 is 2.63 bits per heavy atom. The second-order valence-electron chi connectivity index (χ2n) is 7.14. The van der Waals surface area contributed by atoms with Crippen molar-refractivity contribution in [3.05, 3.63) is 65.7 Å². The van der Waals surface area contributed by atoms with Crippen LogP contribution in [0.2, 0.25) is 0 Å². The first-order valence-electron chi connectivity index (χ1n) is 9.23. The Kier molecular flexibility index (Phi) is 6.56. The number of amides is 2. The topological polar surface area (TPSA) is 40.6 Å². The third kappa shape index (κ3) is 5.36. The number of likely N-dealkylation sites (N-methyl/N-ethyl adjacent to an activating group) is 1. The number of nitrogens with zero attached hydrogens (tertiary/aromatic N) is 2.